The van der Waals surface area contributed by atoms with E-state index in [1.807, 2.05) is 0 Å². The Balaban J connectivity index is 4.18. The summed E-state index contributed by atoms with van der Waals surface area (Å²) in [5.74, 6) is 1.91. The van der Waals surface area contributed by atoms with Gasteiger partial charge < -0.3 is 10.4 Å². The van der Waals surface area contributed by atoms with Crippen LogP contribution in [-0.2, 0) is 9.59 Å². The van der Waals surface area contributed by atoms with Crippen molar-refractivity contribution >= 4 is 29.1 Å². The molecule has 0 spiro atoms. The van der Waals surface area contributed by atoms with Gasteiger partial charge in [-0.15, -0.1) is 0 Å². The second kappa shape index (κ2) is 5.44. The molecule has 0 saturated carbocycles. The maximum atomic E-state index is 10.6. The number of hydrogen-bond donors (Lipinski definition) is 4. The fraction of sp³-hybridized carbons (Fsp3) is 0.500. The Kier molecular flexibility index (Phi) is 4.93. The fourth-order valence-corrected chi connectivity index (χ4v) is 0.839. The van der Waals surface area contributed by atoms with Crippen LogP contribution in [0.25, 0.3) is 0 Å². The summed E-state index contributed by atoms with van der Waals surface area (Å²) < 4.78 is 0. The summed E-state index contributed by atoms with van der Waals surface area (Å²) in [6.07, 6.45) is -0.100. The number of carboxylic acids is 1. The maximum Gasteiger partial charge on any atom is 0.326 e. The van der Waals surface area contributed by atoms with Gasteiger partial charge in [-0.05, 0) is 19.1 Å². The van der Waals surface area contributed by atoms with Crippen LogP contribution in [0, 0.1) is 0 Å². The van der Waals surface area contributed by atoms with Gasteiger partial charge in [0.2, 0.25) is 5.11 Å². The van der Waals surface area contributed by atoms with Gasteiger partial charge in [0.25, 0.3) is 0 Å². The first-order chi connectivity index (χ1) is 5.97. The molecule has 13 heavy (non-hydrogen) atoms. The van der Waals surface area contributed by atoms with Gasteiger partial charge in [0.15, 0.2) is 0 Å². The molecule has 0 heterocycles. The van der Waals surface area contributed by atoms with E-state index in [0.29, 0.717) is 0 Å². The van der Waals surface area contributed by atoms with E-state index >= 15 is 0 Å². The number of nitrogens with one attached hydrogen (secondary N) is 2. The van der Waals surface area contributed by atoms with Crippen molar-refractivity contribution in [1.29, 1.82) is 0 Å². The molecular weight excluding hydrogens is 194 g/mol. The van der Waals surface area contributed by atoms with Crippen molar-refractivity contribution in [2.24, 2.45) is 0 Å². The topological polar surface area (TPSA) is 106 Å². The number of carbonyl (C=O) groups is 2. The van der Waals surface area contributed by atoms with Crippen molar-refractivity contribution in [3.63, 3.8) is 0 Å². The lowest BCUT2D eigenvalue weighted by molar-refractivity contribution is -0.419. The lowest BCUT2D eigenvalue weighted by Crippen LogP contribution is -2.70. The molecule has 1 unspecified atom stereocenters. The third kappa shape index (κ3) is 5.10. The molecule has 0 aliphatic heterocycles. The van der Waals surface area contributed by atoms with Crippen molar-refractivity contribution in [3.05, 3.63) is 0 Å². The van der Waals surface area contributed by atoms with Crippen LogP contribution in [-0.4, -0.2) is 28.0 Å². The first kappa shape index (κ1) is 11.8. The van der Waals surface area contributed by atoms with Crippen LogP contribution in [0.2, 0.25) is 0 Å². The van der Waals surface area contributed by atoms with E-state index in [-0.39, 0.29) is 17.3 Å². The number of carboxylic acid groups (broad SMARTS) is 1. The lowest BCUT2D eigenvalue weighted by Gasteiger charge is -2.12. The third-order valence-corrected chi connectivity index (χ3v) is 1.52. The zero-order valence-electron chi connectivity index (χ0n) is 7.16. The molecule has 0 saturated heterocycles. The van der Waals surface area contributed by atoms with Gasteiger partial charge in [-0.3, -0.25) is 10.6 Å². The molecule has 0 aromatic carbocycles. The van der Waals surface area contributed by atoms with E-state index < -0.39 is 12.0 Å². The minimum atomic E-state index is -1.12. The van der Waals surface area contributed by atoms with E-state index in [1.54, 1.807) is 0 Å². The van der Waals surface area contributed by atoms with Gasteiger partial charge in [-0.25, -0.2) is 10.2 Å². The molecule has 0 fully saturated rings. The van der Waals surface area contributed by atoms with Gasteiger partial charge in [0, 0.05) is 6.42 Å². The van der Waals surface area contributed by atoms with Crippen LogP contribution in [0.5, 0.6) is 0 Å². The van der Waals surface area contributed by atoms with Gasteiger partial charge >= 0.3 is 5.97 Å². The lowest BCUT2D eigenvalue weighted by atomic mass is 10.1. The molecule has 0 aliphatic rings. The number of hydrogen-bond acceptors (Lipinski definition) is 3. The summed E-state index contributed by atoms with van der Waals surface area (Å²) in [6.45, 7) is 1.32. The van der Waals surface area contributed by atoms with Gasteiger partial charge in [0.05, 0.1) is 0 Å². The van der Waals surface area contributed by atoms with E-state index in [1.165, 1.54) is 6.92 Å². The van der Waals surface area contributed by atoms with Gasteiger partial charge in [-0.2, -0.15) is 0 Å². The Hall–Kier alpha value is -1.21. The molecule has 0 bridgehead atoms. The smallest absolute Gasteiger partial charge is 0.326 e. The molecule has 1 atom stereocenters. The van der Waals surface area contributed by atoms with Crippen LogP contribution in [0.3, 0.4) is 0 Å². The summed E-state index contributed by atoms with van der Waals surface area (Å²) in [4.78, 5) is 21.2. The molecule has 0 rings (SSSR count). The quantitative estimate of drug-likeness (QED) is 0.314. The summed E-state index contributed by atoms with van der Waals surface area (Å²) in [6, 6.07) is -0.987. The minimum Gasteiger partial charge on any atom is -0.480 e. The highest BCUT2D eigenvalue weighted by molar-refractivity contribution is 7.80. The van der Waals surface area contributed by atoms with Gasteiger partial charge in [-0.1, -0.05) is 0 Å². The molecule has 7 heteroatoms. The Morgan fingerprint density at radius 3 is 2.46 bits per heavy atom. The van der Waals surface area contributed by atoms with Crippen molar-refractivity contribution in [2.45, 2.75) is 19.4 Å². The Morgan fingerprint density at radius 2 is 2.15 bits per heavy atom. The van der Waals surface area contributed by atoms with E-state index in [4.69, 9.17) is 5.11 Å². The summed E-state index contributed by atoms with van der Waals surface area (Å²) >= 11 is 4.64. The van der Waals surface area contributed by atoms with Crippen molar-refractivity contribution in [3.8, 4) is 0 Å². The number of carbonyl (C=O) groups excluding carboxylic acids is 1. The molecule has 0 aromatic rings. The molecule has 6 nitrogen and oxygen atoms in total. The summed E-state index contributed by atoms with van der Waals surface area (Å²) in [5, 5.41) is 11.2. The second-order valence-electron chi connectivity index (χ2n) is 2.45. The predicted octanol–water partition coefficient (Wildman–Crippen LogP) is -1.96. The Morgan fingerprint density at radius 1 is 1.62 bits per heavy atom. The van der Waals surface area contributed by atoms with Crippen LogP contribution < -0.4 is 16.6 Å². The van der Waals surface area contributed by atoms with Crippen molar-refractivity contribution in [1.82, 2.24) is 10.7 Å². The molecule has 0 amide bonds. The van der Waals surface area contributed by atoms with Crippen LogP contribution in [0.1, 0.15) is 13.3 Å². The van der Waals surface area contributed by atoms with Crippen LogP contribution in [0.4, 0.5) is 0 Å². The standard InChI is InChI=1S/C6H11N3O3S/c1-3(10)2-4(5(11)12)8-6(13)9-7/h4H,2,7H2,1H3,(H,11,12)(H2,8,9,13)/p+1. The van der Waals surface area contributed by atoms with Gasteiger partial charge in [0.1, 0.15) is 11.8 Å². The number of quaternary nitrogens is 1. The number of rotatable bonds is 4. The average molecular weight is 206 g/mol. The summed E-state index contributed by atoms with van der Waals surface area (Å²) in [7, 11) is 0. The van der Waals surface area contributed by atoms with Crippen LogP contribution >= 0.6 is 12.2 Å². The Labute approximate surface area is 80.4 Å². The first-order valence-electron chi connectivity index (χ1n) is 3.53. The first-order valence-corrected chi connectivity index (χ1v) is 3.94. The Bertz CT molecular complexity index is 231. The predicted molar refractivity (Wildman–Crippen MR) is 48.5 cm³/mol. The normalized spacial score (nSPS) is 11.5. The van der Waals surface area contributed by atoms with E-state index in [2.05, 4.69) is 28.8 Å². The molecular formula is C6H12N3O3S+. The van der Waals surface area contributed by atoms with Crippen molar-refractivity contribution < 1.29 is 20.5 Å². The number of aliphatic carboxylic acids is 1. The zero-order chi connectivity index (χ0) is 10.4. The highest BCUT2D eigenvalue weighted by Gasteiger charge is 2.19. The molecule has 0 aliphatic carbocycles. The zero-order valence-corrected chi connectivity index (χ0v) is 7.98. The molecule has 0 radical (unpaired) electrons. The minimum absolute atomic E-state index is 0.100. The monoisotopic (exact) mass is 206 g/mol. The fourth-order valence-electron chi connectivity index (χ4n) is 0.697. The van der Waals surface area contributed by atoms with E-state index in [9.17, 15) is 9.59 Å². The second-order valence-corrected chi connectivity index (χ2v) is 2.86. The van der Waals surface area contributed by atoms with E-state index in [0.717, 1.165) is 0 Å². The third-order valence-electron chi connectivity index (χ3n) is 1.26. The highest BCUT2D eigenvalue weighted by Crippen LogP contribution is 1.93. The number of thiocarbonyl (C=S) groups is 1. The van der Waals surface area contributed by atoms with Crippen LogP contribution in [0.15, 0.2) is 0 Å². The average Bonchev–Trinajstić information content (AvgIpc) is 2.02. The number of ketones is 1. The molecule has 6 N–H and O–H groups in total. The van der Waals surface area contributed by atoms with Crippen molar-refractivity contribution in [2.75, 3.05) is 0 Å². The summed E-state index contributed by atoms with van der Waals surface area (Å²) in [5.41, 5.74) is 2.32. The SMILES string of the molecule is CC(=O)CC(NC(=S)N[NH3+])C(=O)O. The number of Topliss-reactive ketones (excluding diaryl/α,β-unsaturated/α-hetero) is 1. The molecule has 74 valence electrons. The maximum absolute atomic E-state index is 10.6. The highest BCUT2D eigenvalue weighted by atomic mass is 32.1. The molecule has 0 aromatic heterocycles. The largest absolute Gasteiger partial charge is 0.480 e.